The summed E-state index contributed by atoms with van der Waals surface area (Å²) in [6, 6.07) is 8.03. The average Bonchev–Trinajstić information content (AvgIpc) is 2.64. The first-order chi connectivity index (χ1) is 7.72. The molecule has 86 valence electrons. The molecule has 4 nitrogen and oxygen atoms in total. The number of anilines is 1. The maximum atomic E-state index is 8.95. The zero-order chi connectivity index (χ0) is 11.5. The molecule has 1 aromatic heterocycles. The molecular weight excluding hydrogens is 202 g/mol. The van der Waals surface area contributed by atoms with Crippen LogP contribution in [-0.4, -0.2) is 27.8 Å². The van der Waals surface area contributed by atoms with Crippen molar-refractivity contribution in [3.63, 3.8) is 0 Å². The van der Waals surface area contributed by atoms with Gasteiger partial charge in [-0.3, -0.25) is 0 Å². The quantitative estimate of drug-likeness (QED) is 0.821. The summed E-state index contributed by atoms with van der Waals surface area (Å²) in [5.74, 6) is 1.08. The summed E-state index contributed by atoms with van der Waals surface area (Å²) < 4.78 is 2.03. The normalized spacial score (nSPS) is 12.9. The molecule has 0 bridgehead atoms. The third-order valence-electron chi connectivity index (χ3n) is 2.71. The fraction of sp³-hybridized carbons (Fsp3) is 0.417. The van der Waals surface area contributed by atoms with Gasteiger partial charge in [0.1, 0.15) is 0 Å². The molecule has 16 heavy (non-hydrogen) atoms. The molecule has 0 saturated carbocycles. The highest BCUT2D eigenvalue weighted by atomic mass is 16.3. The van der Waals surface area contributed by atoms with Crippen molar-refractivity contribution in [3.8, 4) is 0 Å². The largest absolute Gasteiger partial charge is 0.396 e. The average molecular weight is 219 g/mol. The number of aromatic nitrogens is 2. The monoisotopic (exact) mass is 219 g/mol. The number of fused-ring (bicyclic) bond motifs is 1. The van der Waals surface area contributed by atoms with E-state index in [-0.39, 0.29) is 12.5 Å². The topological polar surface area (TPSA) is 50.1 Å². The number of benzene rings is 1. The van der Waals surface area contributed by atoms with Crippen LogP contribution in [0.2, 0.25) is 0 Å². The van der Waals surface area contributed by atoms with Gasteiger partial charge in [-0.1, -0.05) is 19.1 Å². The lowest BCUT2D eigenvalue weighted by molar-refractivity contribution is 0.244. The number of nitrogens with zero attached hydrogens (tertiary/aromatic N) is 2. The molecule has 4 heteroatoms. The van der Waals surface area contributed by atoms with Crippen molar-refractivity contribution < 1.29 is 5.11 Å². The van der Waals surface area contributed by atoms with Gasteiger partial charge in [-0.25, -0.2) is 4.98 Å². The zero-order valence-corrected chi connectivity index (χ0v) is 9.64. The lowest BCUT2D eigenvalue weighted by Crippen LogP contribution is -2.16. The molecule has 0 aliphatic carbocycles. The molecule has 0 fully saturated rings. The number of aliphatic hydroxyl groups excluding tert-OH is 1. The number of aryl methyl sites for hydroxylation is 1. The molecule has 1 atom stereocenters. The van der Waals surface area contributed by atoms with E-state index in [0.717, 1.165) is 23.5 Å². The van der Waals surface area contributed by atoms with Gasteiger partial charge in [0.2, 0.25) is 5.95 Å². The molecule has 0 spiro atoms. The van der Waals surface area contributed by atoms with Crippen LogP contribution >= 0.6 is 0 Å². The molecule has 1 unspecified atom stereocenters. The minimum absolute atomic E-state index is 0.191. The van der Waals surface area contributed by atoms with Crippen molar-refractivity contribution >= 4 is 17.0 Å². The van der Waals surface area contributed by atoms with Crippen LogP contribution in [0, 0.1) is 5.92 Å². The first-order valence-corrected chi connectivity index (χ1v) is 5.48. The fourth-order valence-corrected chi connectivity index (χ4v) is 1.63. The standard InChI is InChI=1S/C12H17N3O/c1-9(8-16)7-13-12-14-10-5-3-4-6-11(10)15(12)2/h3-6,9,16H,7-8H2,1-2H3,(H,13,14). The molecule has 2 N–H and O–H groups in total. The summed E-state index contributed by atoms with van der Waals surface area (Å²) in [5.41, 5.74) is 2.10. The number of nitrogens with one attached hydrogen (secondary N) is 1. The number of para-hydroxylation sites is 2. The molecule has 0 radical (unpaired) electrons. The maximum Gasteiger partial charge on any atom is 0.203 e. The number of hydrogen-bond acceptors (Lipinski definition) is 3. The summed E-state index contributed by atoms with van der Waals surface area (Å²) in [6.45, 7) is 2.92. The first-order valence-electron chi connectivity index (χ1n) is 5.48. The van der Waals surface area contributed by atoms with E-state index in [9.17, 15) is 0 Å². The Labute approximate surface area is 94.9 Å². The molecule has 0 aliphatic heterocycles. The second kappa shape index (κ2) is 4.53. The third-order valence-corrected chi connectivity index (χ3v) is 2.71. The minimum Gasteiger partial charge on any atom is -0.396 e. The Balaban J connectivity index is 2.21. The van der Waals surface area contributed by atoms with Crippen molar-refractivity contribution in [1.29, 1.82) is 0 Å². The third kappa shape index (κ3) is 2.02. The van der Waals surface area contributed by atoms with Crippen LogP contribution in [0.4, 0.5) is 5.95 Å². The number of aliphatic hydroxyl groups is 1. The summed E-state index contributed by atoms with van der Waals surface area (Å²) >= 11 is 0. The van der Waals surface area contributed by atoms with Crippen LogP contribution in [0.3, 0.4) is 0 Å². The van der Waals surface area contributed by atoms with Crippen molar-refractivity contribution in [2.45, 2.75) is 6.92 Å². The van der Waals surface area contributed by atoms with Gasteiger partial charge in [-0.2, -0.15) is 0 Å². The zero-order valence-electron chi connectivity index (χ0n) is 9.64. The van der Waals surface area contributed by atoms with Crippen LogP contribution in [-0.2, 0) is 7.05 Å². The van der Waals surface area contributed by atoms with E-state index in [1.807, 2.05) is 42.8 Å². The number of imidazole rings is 1. The molecule has 0 saturated heterocycles. The molecule has 1 aromatic carbocycles. The van der Waals surface area contributed by atoms with Crippen LogP contribution in [0.25, 0.3) is 11.0 Å². The van der Waals surface area contributed by atoms with Crippen LogP contribution < -0.4 is 5.32 Å². The fourth-order valence-electron chi connectivity index (χ4n) is 1.63. The Hall–Kier alpha value is -1.55. The Morgan fingerprint density at radius 1 is 1.44 bits per heavy atom. The Morgan fingerprint density at radius 2 is 2.19 bits per heavy atom. The molecule has 0 aliphatic rings. The molecular formula is C12H17N3O. The van der Waals surface area contributed by atoms with Crippen molar-refractivity contribution in [2.24, 2.45) is 13.0 Å². The highest BCUT2D eigenvalue weighted by molar-refractivity contribution is 5.78. The molecule has 0 amide bonds. The van der Waals surface area contributed by atoms with Crippen molar-refractivity contribution in [2.75, 3.05) is 18.5 Å². The predicted octanol–water partition coefficient (Wildman–Crippen LogP) is 1.61. The second-order valence-electron chi connectivity index (χ2n) is 4.15. The highest BCUT2D eigenvalue weighted by Crippen LogP contribution is 2.17. The molecule has 2 rings (SSSR count). The summed E-state index contributed by atoms with van der Waals surface area (Å²) in [6.07, 6.45) is 0. The van der Waals surface area contributed by atoms with Crippen LogP contribution in [0.5, 0.6) is 0 Å². The van der Waals surface area contributed by atoms with Gasteiger partial charge in [-0.15, -0.1) is 0 Å². The van der Waals surface area contributed by atoms with E-state index >= 15 is 0 Å². The summed E-state index contributed by atoms with van der Waals surface area (Å²) in [4.78, 5) is 4.49. The molecule has 1 heterocycles. The van der Waals surface area contributed by atoms with E-state index in [4.69, 9.17) is 5.11 Å². The van der Waals surface area contributed by atoms with E-state index in [2.05, 4.69) is 10.3 Å². The van der Waals surface area contributed by atoms with Crippen molar-refractivity contribution in [3.05, 3.63) is 24.3 Å². The summed E-state index contributed by atoms with van der Waals surface area (Å²) in [7, 11) is 1.99. The van der Waals surface area contributed by atoms with E-state index in [1.54, 1.807) is 0 Å². The van der Waals surface area contributed by atoms with E-state index < -0.39 is 0 Å². The van der Waals surface area contributed by atoms with Gasteiger partial charge in [0.05, 0.1) is 11.0 Å². The SMILES string of the molecule is CC(CO)CNc1nc2ccccc2n1C. The first kappa shape index (κ1) is 11.0. The van der Waals surface area contributed by atoms with E-state index in [0.29, 0.717) is 0 Å². The van der Waals surface area contributed by atoms with Gasteiger partial charge < -0.3 is 15.0 Å². The van der Waals surface area contributed by atoms with Crippen LogP contribution in [0.15, 0.2) is 24.3 Å². The lowest BCUT2D eigenvalue weighted by atomic mass is 10.2. The lowest BCUT2D eigenvalue weighted by Gasteiger charge is -2.10. The van der Waals surface area contributed by atoms with Gasteiger partial charge in [-0.05, 0) is 18.1 Å². The predicted molar refractivity (Wildman–Crippen MR) is 65.5 cm³/mol. The molecule has 2 aromatic rings. The highest BCUT2D eigenvalue weighted by Gasteiger charge is 2.07. The number of rotatable bonds is 4. The Morgan fingerprint density at radius 3 is 2.88 bits per heavy atom. The maximum absolute atomic E-state index is 8.95. The minimum atomic E-state index is 0.191. The number of hydrogen-bond donors (Lipinski definition) is 2. The van der Waals surface area contributed by atoms with Gasteiger partial charge in [0.25, 0.3) is 0 Å². The van der Waals surface area contributed by atoms with E-state index in [1.165, 1.54) is 0 Å². The Bertz CT molecular complexity index is 478. The second-order valence-corrected chi connectivity index (χ2v) is 4.15. The Kier molecular flexibility index (Phi) is 3.10. The van der Waals surface area contributed by atoms with Crippen molar-refractivity contribution in [1.82, 2.24) is 9.55 Å². The smallest absolute Gasteiger partial charge is 0.203 e. The van der Waals surface area contributed by atoms with Gasteiger partial charge in [0.15, 0.2) is 0 Å². The summed E-state index contributed by atoms with van der Waals surface area (Å²) in [5, 5.41) is 12.2. The van der Waals surface area contributed by atoms with Gasteiger partial charge in [0, 0.05) is 20.2 Å². The van der Waals surface area contributed by atoms with Gasteiger partial charge >= 0.3 is 0 Å². The van der Waals surface area contributed by atoms with Crippen LogP contribution in [0.1, 0.15) is 6.92 Å².